The molecule has 2 aromatic rings. The fourth-order valence-corrected chi connectivity index (χ4v) is 3.11. The maximum Gasteiger partial charge on any atom is 0.274 e. The van der Waals surface area contributed by atoms with Gasteiger partial charge in [-0.3, -0.25) is 14.9 Å². The van der Waals surface area contributed by atoms with Crippen molar-refractivity contribution in [1.29, 1.82) is 0 Å². The summed E-state index contributed by atoms with van der Waals surface area (Å²) in [5.41, 5.74) is 0.906. The molecule has 0 spiro atoms. The summed E-state index contributed by atoms with van der Waals surface area (Å²) < 4.78 is 24.9. The lowest BCUT2D eigenvalue weighted by Crippen LogP contribution is -2.38. The van der Waals surface area contributed by atoms with Gasteiger partial charge >= 0.3 is 0 Å². The van der Waals surface area contributed by atoms with Crippen molar-refractivity contribution in [3.63, 3.8) is 0 Å². The standard InChI is InChI=1S/C17H19N3O5S/c1-12-14(10-7-11-15(12)20(22)23)18-17(21)16(19(2)26(3,24)25)13-8-5-4-6-9-13/h4-11,16H,1-3H3,(H,18,21)/t16-/m0/s1. The molecule has 2 rings (SSSR count). The van der Waals surface area contributed by atoms with Crippen LogP contribution >= 0.6 is 0 Å². The van der Waals surface area contributed by atoms with Gasteiger partial charge in [-0.2, -0.15) is 4.31 Å². The molecule has 1 atom stereocenters. The van der Waals surface area contributed by atoms with E-state index in [4.69, 9.17) is 0 Å². The van der Waals surface area contributed by atoms with Crippen LogP contribution in [0.5, 0.6) is 0 Å². The molecule has 0 bridgehead atoms. The monoisotopic (exact) mass is 377 g/mol. The first-order valence-electron chi connectivity index (χ1n) is 7.65. The average molecular weight is 377 g/mol. The molecule has 2 aromatic carbocycles. The third kappa shape index (κ3) is 4.24. The lowest BCUT2D eigenvalue weighted by Gasteiger charge is -2.26. The third-order valence-electron chi connectivity index (χ3n) is 4.01. The number of hydrogen-bond donors (Lipinski definition) is 1. The molecule has 8 nitrogen and oxygen atoms in total. The molecule has 0 unspecified atom stereocenters. The number of sulfonamides is 1. The highest BCUT2D eigenvalue weighted by atomic mass is 32.2. The number of nitrogens with zero attached hydrogens (tertiary/aromatic N) is 2. The van der Waals surface area contributed by atoms with Gasteiger partial charge in [0.05, 0.1) is 22.4 Å². The van der Waals surface area contributed by atoms with Crippen molar-refractivity contribution in [3.05, 3.63) is 69.8 Å². The number of hydrogen-bond acceptors (Lipinski definition) is 5. The normalized spacial score (nSPS) is 12.6. The fourth-order valence-electron chi connectivity index (χ4n) is 2.51. The van der Waals surface area contributed by atoms with Gasteiger partial charge in [0.15, 0.2) is 0 Å². The van der Waals surface area contributed by atoms with Gasteiger partial charge in [0, 0.05) is 13.1 Å². The van der Waals surface area contributed by atoms with Crippen LogP contribution in [0.15, 0.2) is 48.5 Å². The third-order valence-corrected chi connectivity index (χ3v) is 5.27. The number of carbonyl (C=O) groups is 1. The molecule has 0 heterocycles. The number of rotatable bonds is 6. The second-order valence-electron chi connectivity index (χ2n) is 5.79. The van der Waals surface area contributed by atoms with Crippen LogP contribution in [-0.2, 0) is 14.8 Å². The SMILES string of the molecule is Cc1c(NC(=O)[C@H](c2ccccc2)N(C)S(C)(=O)=O)cccc1[N+](=O)[O-]. The molecule has 0 saturated heterocycles. The van der Waals surface area contributed by atoms with Crippen LogP contribution in [0.3, 0.4) is 0 Å². The summed E-state index contributed by atoms with van der Waals surface area (Å²) in [6.07, 6.45) is 1.01. The Bertz CT molecular complexity index is 929. The van der Waals surface area contributed by atoms with E-state index >= 15 is 0 Å². The van der Waals surface area contributed by atoms with E-state index in [1.54, 1.807) is 30.3 Å². The van der Waals surface area contributed by atoms with E-state index in [9.17, 15) is 23.3 Å². The predicted octanol–water partition coefficient (Wildman–Crippen LogP) is 2.47. The molecule has 0 aliphatic rings. The van der Waals surface area contributed by atoms with Gasteiger partial charge in [-0.15, -0.1) is 0 Å². The molecule has 1 N–H and O–H groups in total. The molecular weight excluding hydrogens is 358 g/mol. The lowest BCUT2D eigenvalue weighted by atomic mass is 10.1. The number of nitro groups is 1. The highest BCUT2D eigenvalue weighted by Gasteiger charge is 2.31. The van der Waals surface area contributed by atoms with Gasteiger partial charge in [-0.25, -0.2) is 8.42 Å². The quantitative estimate of drug-likeness (QED) is 0.614. The summed E-state index contributed by atoms with van der Waals surface area (Å²) in [5.74, 6) is -0.604. The van der Waals surface area contributed by atoms with Crippen molar-refractivity contribution < 1.29 is 18.1 Å². The number of benzene rings is 2. The molecule has 0 fully saturated rings. The van der Waals surface area contributed by atoms with E-state index in [1.165, 1.54) is 32.2 Å². The molecule has 0 radical (unpaired) electrons. The van der Waals surface area contributed by atoms with E-state index in [2.05, 4.69) is 5.32 Å². The van der Waals surface area contributed by atoms with Gasteiger partial charge < -0.3 is 5.32 Å². The largest absolute Gasteiger partial charge is 0.324 e. The summed E-state index contributed by atoms with van der Waals surface area (Å²) >= 11 is 0. The van der Waals surface area contributed by atoms with Crippen molar-refractivity contribution in [1.82, 2.24) is 4.31 Å². The highest BCUT2D eigenvalue weighted by Crippen LogP contribution is 2.28. The van der Waals surface area contributed by atoms with Crippen LogP contribution in [0, 0.1) is 17.0 Å². The number of nitro benzene ring substituents is 1. The fraction of sp³-hybridized carbons (Fsp3) is 0.235. The van der Waals surface area contributed by atoms with Crippen LogP contribution in [-0.4, -0.2) is 36.9 Å². The number of amides is 1. The second kappa shape index (κ2) is 7.63. The van der Waals surface area contributed by atoms with Crippen molar-refractivity contribution >= 4 is 27.3 Å². The van der Waals surface area contributed by atoms with Gasteiger partial charge in [0.2, 0.25) is 15.9 Å². The minimum absolute atomic E-state index is 0.129. The summed E-state index contributed by atoms with van der Waals surface area (Å²) in [6.45, 7) is 1.52. The van der Waals surface area contributed by atoms with E-state index in [1.807, 2.05) is 0 Å². The highest BCUT2D eigenvalue weighted by molar-refractivity contribution is 7.88. The Morgan fingerprint density at radius 1 is 1.15 bits per heavy atom. The lowest BCUT2D eigenvalue weighted by molar-refractivity contribution is -0.385. The molecule has 9 heteroatoms. The average Bonchev–Trinajstić information content (AvgIpc) is 2.56. The topological polar surface area (TPSA) is 110 Å². The number of anilines is 1. The van der Waals surface area contributed by atoms with Crippen LogP contribution in [0.1, 0.15) is 17.2 Å². The maximum absolute atomic E-state index is 12.8. The Balaban J connectivity index is 2.43. The zero-order valence-corrected chi connectivity index (χ0v) is 15.4. The van der Waals surface area contributed by atoms with Crippen LogP contribution in [0.2, 0.25) is 0 Å². The molecule has 26 heavy (non-hydrogen) atoms. The first kappa shape index (κ1) is 19.5. The summed E-state index contributed by atoms with van der Waals surface area (Å²) in [4.78, 5) is 23.4. The first-order chi connectivity index (χ1) is 12.1. The maximum atomic E-state index is 12.8. The Labute approximate surface area is 151 Å². The molecule has 0 aromatic heterocycles. The molecule has 138 valence electrons. The van der Waals surface area contributed by atoms with Gasteiger partial charge in [0.25, 0.3) is 5.69 Å². The predicted molar refractivity (Wildman–Crippen MR) is 98.3 cm³/mol. The van der Waals surface area contributed by atoms with Gasteiger partial charge in [0.1, 0.15) is 6.04 Å². The summed E-state index contributed by atoms with van der Waals surface area (Å²) in [5, 5.41) is 13.7. The molecular formula is C17H19N3O5S. The zero-order valence-electron chi connectivity index (χ0n) is 14.5. The van der Waals surface area contributed by atoms with Crippen LogP contribution in [0.25, 0.3) is 0 Å². The van der Waals surface area contributed by atoms with Gasteiger partial charge in [-0.1, -0.05) is 36.4 Å². The Morgan fingerprint density at radius 3 is 2.31 bits per heavy atom. The van der Waals surface area contributed by atoms with Crippen molar-refractivity contribution in [2.24, 2.45) is 0 Å². The first-order valence-corrected chi connectivity index (χ1v) is 9.50. The zero-order chi connectivity index (χ0) is 19.5. The molecule has 0 aliphatic heterocycles. The molecule has 0 aliphatic carbocycles. The Kier molecular flexibility index (Phi) is 5.73. The molecule has 1 amide bonds. The minimum atomic E-state index is -3.65. The second-order valence-corrected chi connectivity index (χ2v) is 7.83. The minimum Gasteiger partial charge on any atom is -0.324 e. The smallest absolute Gasteiger partial charge is 0.274 e. The summed E-state index contributed by atoms with van der Waals surface area (Å²) in [6, 6.07) is 11.7. The number of carbonyl (C=O) groups excluding carboxylic acids is 1. The van der Waals surface area contributed by atoms with E-state index in [0.29, 0.717) is 11.1 Å². The van der Waals surface area contributed by atoms with E-state index in [0.717, 1.165) is 10.6 Å². The van der Waals surface area contributed by atoms with Crippen molar-refractivity contribution in [2.75, 3.05) is 18.6 Å². The number of likely N-dealkylation sites (N-methyl/N-ethyl adjacent to an activating group) is 1. The molecule has 0 saturated carbocycles. The van der Waals surface area contributed by atoms with E-state index < -0.39 is 26.9 Å². The van der Waals surface area contributed by atoms with Crippen LogP contribution in [0.4, 0.5) is 11.4 Å². The summed E-state index contributed by atoms with van der Waals surface area (Å²) in [7, 11) is -2.34. The van der Waals surface area contributed by atoms with Crippen molar-refractivity contribution in [3.8, 4) is 0 Å². The number of nitrogens with one attached hydrogen (secondary N) is 1. The van der Waals surface area contributed by atoms with Crippen LogP contribution < -0.4 is 5.32 Å². The Morgan fingerprint density at radius 2 is 1.77 bits per heavy atom. The van der Waals surface area contributed by atoms with Gasteiger partial charge in [-0.05, 0) is 18.6 Å². The Hall–Kier alpha value is -2.78. The van der Waals surface area contributed by atoms with Crippen molar-refractivity contribution in [2.45, 2.75) is 13.0 Å². The van der Waals surface area contributed by atoms with E-state index in [-0.39, 0.29) is 11.4 Å².